The van der Waals surface area contributed by atoms with Gasteiger partial charge in [-0.25, -0.2) is 8.78 Å². The fourth-order valence-corrected chi connectivity index (χ4v) is 2.02. The average molecular weight is 272 g/mol. The highest BCUT2D eigenvalue weighted by molar-refractivity contribution is 5.61. The predicted octanol–water partition coefficient (Wildman–Crippen LogP) is 3.11. The van der Waals surface area contributed by atoms with Crippen molar-refractivity contribution in [2.75, 3.05) is 0 Å². The Bertz CT molecular complexity index is 720. The van der Waals surface area contributed by atoms with Crippen molar-refractivity contribution >= 4 is 0 Å². The molecule has 0 fully saturated rings. The second kappa shape index (κ2) is 4.77. The van der Waals surface area contributed by atoms with Crippen molar-refractivity contribution in [1.29, 1.82) is 0 Å². The fourth-order valence-electron chi connectivity index (χ4n) is 2.02. The summed E-state index contributed by atoms with van der Waals surface area (Å²) >= 11 is 0. The van der Waals surface area contributed by atoms with Crippen molar-refractivity contribution in [3.63, 3.8) is 0 Å². The van der Waals surface area contributed by atoms with Crippen LogP contribution in [0.1, 0.15) is 0 Å². The van der Waals surface area contributed by atoms with Gasteiger partial charge in [0.1, 0.15) is 11.6 Å². The number of rotatable bonds is 2. The summed E-state index contributed by atoms with van der Waals surface area (Å²) in [5, 5.41) is 2.64. The minimum atomic E-state index is -0.355. The molecule has 20 heavy (non-hydrogen) atoms. The summed E-state index contributed by atoms with van der Waals surface area (Å²) in [4.78, 5) is 11.6. The summed E-state index contributed by atoms with van der Waals surface area (Å²) in [5.74, 6) is -0.702. The number of nitrogens with one attached hydrogen (secondary N) is 1. The molecule has 0 saturated carbocycles. The molecule has 1 heterocycles. The van der Waals surface area contributed by atoms with Crippen LogP contribution >= 0.6 is 0 Å². The first-order valence-electron chi connectivity index (χ1n) is 5.97. The minimum absolute atomic E-state index is 0.284. The predicted molar refractivity (Wildman–Crippen MR) is 71.7 cm³/mol. The molecule has 0 atom stereocenters. The zero-order chi connectivity index (χ0) is 14.1. The molecule has 0 unspecified atom stereocenters. The van der Waals surface area contributed by atoms with E-state index in [9.17, 15) is 13.6 Å². The van der Waals surface area contributed by atoms with Crippen molar-refractivity contribution in [1.82, 2.24) is 9.78 Å². The highest BCUT2D eigenvalue weighted by atomic mass is 19.1. The summed E-state index contributed by atoms with van der Waals surface area (Å²) in [6.45, 7) is 0. The third-order valence-corrected chi connectivity index (χ3v) is 2.96. The number of aromatic amines is 1. The Morgan fingerprint density at radius 1 is 0.850 bits per heavy atom. The SMILES string of the molecule is O=c1cc(-c2ccc(F)cc2)n(-c2ccc(F)cc2)[nH]1. The normalized spacial score (nSPS) is 10.7. The molecule has 3 rings (SSSR count). The van der Waals surface area contributed by atoms with E-state index in [1.54, 1.807) is 24.3 Å². The van der Waals surface area contributed by atoms with Gasteiger partial charge in [-0.3, -0.25) is 14.6 Å². The van der Waals surface area contributed by atoms with Gasteiger partial charge in [-0.05, 0) is 48.5 Å². The van der Waals surface area contributed by atoms with Gasteiger partial charge in [-0.15, -0.1) is 0 Å². The van der Waals surface area contributed by atoms with Gasteiger partial charge in [-0.2, -0.15) is 0 Å². The van der Waals surface area contributed by atoms with E-state index in [0.717, 1.165) is 0 Å². The molecule has 0 aliphatic carbocycles. The Balaban J connectivity index is 2.15. The largest absolute Gasteiger partial charge is 0.268 e. The van der Waals surface area contributed by atoms with Gasteiger partial charge < -0.3 is 0 Å². The first kappa shape index (κ1) is 12.3. The van der Waals surface area contributed by atoms with E-state index >= 15 is 0 Å². The molecule has 5 heteroatoms. The van der Waals surface area contributed by atoms with Gasteiger partial charge in [0.05, 0.1) is 11.4 Å². The Morgan fingerprint density at radius 3 is 2.00 bits per heavy atom. The maximum Gasteiger partial charge on any atom is 0.265 e. The van der Waals surface area contributed by atoms with Gasteiger partial charge in [0.25, 0.3) is 5.56 Å². The topological polar surface area (TPSA) is 37.8 Å². The molecule has 0 radical (unpaired) electrons. The average Bonchev–Trinajstić information content (AvgIpc) is 2.82. The van der Waals surface area contributed by atoms with Crippen LogP contribution in [0.25, 0.3) is 16.9 Å². The molecule has 0 aliphatic rings. The van der Waals surface area contributed by atoms with E-state index in [0.29, 0.717) is 16.9 Å². The molecule has 1 N–H and O–H groups in total. The quantitative estimate of drug-likeness (QED) is 0.764. The number of aromatic nitrogens is 2. The maximum atomic E-state index is 13.0. The van der Waals surface area contributed by atoms with E-state index in [4.69, 9.17) is 0 Å². The molecule has 0 spiro atoms. The van der Waals surface area contributed by atoms with Gasteiger partial charge in [0.2, 0.25) is 0 Å². The molecule has 2 aromatic carbocycles. The number of benzene rings is 2. The van der Waals surface area contributed by atoms with Crippen LogP contribution in [0.2, 0.25) is 0 Å². The van der Waals surface area contributed by atoms with Crippen LogP contribution in [0.4, 0.5) is 8.78 Å². The third kappa shape index (κ3) is 2.25. The number of hydrogen-bond donors (Lipinski definition) is 1. The Hall–Kier alpha value is -2.69. The highest BCUT2D eigenvalue weighted by Gasteiger charge is 2.09. The van der Waals surface area contributed by atoms with Gasteiger partial charge in [0.15, 0.2) is 0 Å². The molecular formula is C15H10F2N2O. The van der Waals surface area contributed by atoms with Crippen LogP contribution < -0.4 is 5.56 Å². The number of H-pyrrole nitrogens is 1. The highest BCUT2D eigenvalue weighted by Crippen LogP contribution is 2.21. The van der Waals surface area contributed by atoms with Crippen molar-refractivity contribution in [3.05, 3.63) is 76.6 Å². The van der Waals surface area contributed by atoms with E-state index in [-0.39, 0.29) is 17.2 Å². The first-order chi connectivity index (χ1) is 9.63. The van der Waals surface area contributed by atoms with Crippen LogP contribution in [0, 0.1) is 11.6 Å². The van der Waals surface area contributed by atoms with E-state index < -0.39 is 0 Å². The van der Waals surface area contributed by atoms with Crippen LogP contribution in [0.5, 0.6) is 0 Å². The molecule has 3 nitrogen and oxygen atoms in total. The van der Waals surface area contributed by atoms with Crippen molar-refractivity contribution in [3.8, 4) is 16.9 Å². The Labute approximate surface area is 113 Å². The van der Waals surface area contributed by atoms with E-state index in [2.05, 4.69) is 5.10 Å². The monoisotopic (exact) mass is 272 g/mol. The lowest BCUT2D eigenvalue weighted by Gasteiger charge is -2.08. The summed E-state index contributed by atoms with van der Waals surface area (Å²) < 4.78 is 27.4. The molecular weight excluding hydrogens is 262 g/mol. The van der Waals surface area contributed by atoms with Gasteiger partial charge in [0, 0.05) is 11.6 Å². The van der Waals surface area contributed by atoms with Gasteiger partial charge >= 0.3 is 0 Å². The molecule has 100 valence electrons. The zero-order valence-electron chi connectivity index (χ0n) is 10.3. The van der Waals surface area contributed by atoms with Crippen LogP contribution in [0.15, 0.2) is 59.4 Å². The smallest absolute Gasteiger partial charge is 0.265 e. The maximum absolute atomic E-state index is 13.0. The van der Waals surface area contributed by atoms with Crippen molar-refractivity contribution in [2.24, 2.45) is 0 Å². The van der Waals surface area contributed by atoms with Crippen LogP contribution in [-0.4, -0.2) is 9.78 Å². The minimum Gasteiger partial charge on any atom is -0.268 e. The Morgan fingerprint density at radius 2 is 1.40 bits per heavy atom. The number of hydrogen-bond acceptors (Lipinski definition) is 1. The number of nitrogens with zero attached hydrogens (tertiary/aromatic N) is 1. The zero-order valence-corrected chi connectivity index (χ0v) is 10.3. The Kier molecular flexibility index (Phi) is 2.95. The molecule has 0 aliphatic heterocycles. The summed E-state index contributed by atoms with van der Waals surface area (Å²) in [6.07, 6.45) is 0. The molecule has 0 bridgehead atoms. The first-order valence-corrected chi connectivity index (χ1v) is 5.97. The van der Waals surface area contributed by atoms with E-state index in [1.807, 2.05) is 0 Å². The lowest BCUT2D eigenvalue weighted by Crippen LogP contribution is -2.04. The molecule has 0 saturated heterocycles. The van der Waals surface area contributed by atoms with E-state index in [1.165, 1.54) is 35.0 Å². The molecule has 3 aromatic rings. The molecule has 1 aromatic heterocycles. The fraction of sp³-hybridized carbons (Fsp3) is 0. The van der Waals surface area contributed by atoms with Crippen molar-refractivity contribution < 1.29 is 8.78 Å². The van der Waals surface area contributed by atoms with Crippen LogP contribution in [0.3, 0.4) is 0 Å². The second-order valence-corrected chi connectivity index (χ2v) is 4.32. The summed E-state index contributed by atoms with van der Waals surface area (Å²) in [5.41, 5.74) is 1.61. The summed E-state index contributed by atoms with van der Waals surface area (Å²) in [6, 6.07) is 12.9. The second-order valence-electron chi connectivity index (χ2n) is 4.32. The van der Waals surface area contributed by atoms with Crippen LogP contribution in [-0.2, 0) is 0 Å². The van der Waals surface area contributed by atoms with Crippen molar-refractivity contribution in [2.45, 2.75) is 0 Å². The molecule has 0 amide bonds. The number of halogens is 2. The lowest BCUT2D eigenvalue weighted by atomic mass is 10.1. The lowest BCUT2D eigenvalue weighted by molar-refractivity contribution is 0.626. The third-order valence-electron chi connectivity index (χ3n) is 2.96. The van der Waals surface area contributed by atoms with Gasteiger partial charge in [-0.1, -0.05) is 0 Å². The standard InChI is InChI=1S/C15H10F2N2O/c16-11-3-1-10(2-4-11)14-9-15(20)18-19(14)13-7-5-12(17)6-8-13/h1-9H,(H,18,20). The summed E-state index contributed by atoms with van der Waals surface area (Å²) in [7, 11) is 0.